The summed E-state index contributed by atoms with van der Waals surface area (Å²) in [5.41, 5.74) is 2.52. The van der Waals surface area contributed by atoms with Crippen LogP contribution in [-0.4, -0.2) is 44.3 Å². The highest BCUT2D eigenvalue weighted by Crippen LogP contribution is 2.29. The van der Waals surface area contributed by atoms with E-state index in [1.807, 2.05) is 13.8 Å². The predicted octanol–water partition coefficient (Wildman–Crippen LogP) is 6.14. The van der Waals surface area contributed by atoms with Gasteiger partial charge in [0, 0.05) is 23.1 Å². The van der Waals surface area contributed by atoms with E-state index < -0.39 is 28.5 Å². The van der Waals surface area contributed by atoms with E-state index in [0.29, 0.717) is 33.4 Å². The molecular weight excluding hydrogens is 569 g/mol. The van der Waals surface area contributed by atoms with Gasteiger partial charge in [-0.25, -0.2) is 8.42 Å². The number of halogens is 2. The number of carbonyl (C=O) groups is 2. The molecule has 2 amide bonds. The Kier molecular flexibility index (Phi) is 11.0. The van der Waals surface area contributed by atoms with Crippen molar-refractivity contribution < 1.29 is 18.0 Å². The van der Waals surface area contributed by atoms with Crippen molar-refractivity contribution in [3.63, 3.8) is 0 Å². The number of unbranched alkanes of at least 4 members (excludes halogenated alkanes) is 1. The lowest BCUT2D eigenvalue weighted by atomic mass is 10.1. The van der Waals surface area contributed by atoms with Gasteiger partial charge in [0.15, 0.2) is 0 Å². The second-order valence-corrected chi connectivity index (χ2v) is 12.5. The molecule has 3 rings (SSSR count). The zero-order valence-corrected chi connectivity index (χ0v) is 25.5. The van der Waals surface area contributed by atoms with Crippen molar-refractivity contribution in [1.29, 1.82) is 0 Å². The van der Waals surface area contributed by atoms with E-state index in [0.717, 1.165) is 22.7 Å². The maximum absolute atomic E-state index is 14.0. The van der Waals surface area contributed by atoms with Crippen molar-refractivity contribution in [2.45, 2.75) is 58.0 Å². The first-order valence-corrected chi connectivity index (χ1v) is 15.3. The van der Waals surface area contributed by atoms with Crippen LogP contribution in [0.1, 0.15) is 43.4 Å². The van der Waals surface area contributed by atoms with Crippen molar-refractivity contribution in [3.8, 4) is 0 Å². The molecule has 0 saturated heterocycles. The molecule has 10 heteroatoms. The zero-order chi connectivity index (χ0) is 29.4. The van der Waals surface area contributed by atoms with Gasteiger partial charge in [-0.3, -0.25) is 13.9 Å². The Morgan fingerprint density at radius 3 is 2.25 bits per heavy atom. The maximum Gasteiger partial charge on any atom is 0.264 e. The Balaban J connectivity index is 2.04. The molecule has 0 saturated carbocycles. The molecule has 0 heterocycles. The van der Waals surface area contributed by atoms with Gasteiger partial charge in [0.1, 0.15) is 12.6 Å². The molecule has 3 aromatic rings. The van der Waals surface area contributed by atoms with Gasteiger partial charge < -0.3 is 10.2 Å². The molecule has 0 aliphatic rings. The normalized spacial score (nSPS) is 12.1. The number of rotatable bonds is 12. The number of sulfonamides is 1. The molecule has 0 spiro atoms. The number of amides is 2. The summed E-state index contributed by atoms with van der Waals surface area (Å²) in [5, 5.41) is 3.81. The van der Waals surface area contributed by atoms with Crippen LogP contribution in [0.4, 0.5) is 5.69 Å². The van der Waals surface area contributed by atoms with E-state index in [-0.39, 0.29) is 17.3 Å². The van der Waals surface area contributed by atoms with E-state index in [1.54, 1.807) is 68.4 Å². The number of anilines is 1. The minimum absolute atomic E-state index is 0.0481. The highest BCUT2D eigenvalue weighted by Gasteiger charge is 2.33. The third kappa shape index (κ3) is 7.99. The fraction of sp³-hybridized carbons (Fsp3) is 0.333. The number of nitrogens with one attached hydrogen (secondary N) is 1. The zero-order valence-electron chi connectivity index (χ0n) is 23.2. The van der Waals surface area contributed by atoms with Crippen molar-refractivity contribution >= 4 is 50.7 Å². The highest BCUT2D eigenvalue weighted by molar-refractivity contribution is 7.92. The number of nitrogens with zero attached hydrogens (tertiary/aromatic N) is 2. The van der Waals surface area contributed by atoms with E-state index >= 15 is 0 Å². The summed E-state index contributed by atoms with van der Waals surface area (Å²) in [6.07, 6.45) is 1.71. The van der Waals surface area contributed by atoms with Gasteiger partial charge in [-0.1, -0.05) is 66.4 Å². The second-order valence-electron chi connectivity index (χ2n) is 9.73. The van der Waals surface area contributed by atoms with Gasteiger partial charge in [-0.2, -0.15) is 0 Å². The first-order valence-electron chi connectivity index (χ1n) is 13.1. The summed E-state index contributed by atoms with van der Waals surface area (Å²) >= 11 is 12.3. The Morgan fingerprint density at radius 2 is 1.62 bits per heavy atom. The van der Waals surface area contributed by atoms with Gasteiger partial charge in [0.05, 0.1) is 10.6 Å². The maximum atomic E-state index is 14.0. The number of carbonyl (C=O) groups excluding carboxylic acids is 2. The van der Waals surface area contributed by atoms with Crippen LogP contribution in [0.3, 0.4) is 0 Å². The summed E-state index contributed by atoms with van der Waals surface area (Å²) in [4.78, 5) is 28.5. The third-order valence-electron chi connectivity index (χ3n) is 6.55. The summed E-state index contributed by atoms with van der Waals surface area (Å²) in [6, 6.07) is 17.4. The Labute approximate surface area is 247 Å². The van der Waals surface area contributed by atoms with Crippen LogP contribution in [0.25, 0.3) is 0 Å². The lowest BCUT2D eigenvalue weighted by Crippen LogP contribution is -2.51. The number of benzene rings is 3. The van der Waals surface area contributed by atoms with E-state index in [1.165, 1.54) is 17.0 Å². The third-order valence-corrected chi connectivity index (χ3v) is 8.80. The Hall–Kier alpha value is -3.07. The topological polar surface area (TPSA) is 86.8 Å². The predicted molar refractivity (Wildman–Crippen MR) is 161 cm³/mol. The minimum atomic E-state index is -4.16. The molecular formula is C30H35Cl2N3O4S. The fourth-order valence-corrected chi connectivity index (χ4v) is 6.12. The largest absolute Gasteiger partial charge is 0.354 e. The van der Waals surface area contributed by atoms with E-state index in [4.69, 9.17) is 23.2 Å². The number of aryl methyl sites for hydroxylation is 2. The second kappa shape index (κ2) is 14.0. The molecule has 0 aliphatic heterocycles. The first-order chi connectivity index (χ1) is 18.9. The monoisotopic (exact) mass is 603 g/mol. The van der Waals surface area contributed by atoms with Gasteiger partial charge >= 0.3 is 0 Å². The molecule has 0 bridgehead atoms. The van der Waals surface area contributed by atoms with Crippen molar-refractivity contribution in [2.24, 2.45) is 0 Å². The summed E-state index contributed by atoms with van der Waals surface area (Å²) in [7, 11) is -4.16. The fourth-order valence-electron chi connectivity index (χ4n) is 4.20. The molecule has 0 aliphatic carbocycles. The van der Waals surface area contributed by atoms with Gasteiger partial charge in [-0.15, -0.1) is 0 Å². The Morgan fingerprint density at radius 1 is 0.950 bits per heavy atom. The number of hydrogen-bond acceptors (Lipinski definition) is 4. The first kappa shape index (κ1) is 31.5. The van der Waals surface area contributed by atoms with Crippen molar-refractivity contribution in [3.05, 3.63) is 93.5 Å². The quantitative estimate of drug-likeness (QED) is 0.252. The molecule has 7 nitrogen and oxygen atoms in total. The molecule has 3 aromatic carbocycles. The molecule has 1 atom stereocenters. The molecule has 0 aromatic heterocycles. The SMILES string of the molecule is CCCCNC(=O)C(C)N(Cc1cccc(Cl)c1)C(=O)CN(c1ccc(Cl)cc1C)S(=O)(=O)c1ccc(C)cc1. The lowest BCUT2D eigenvalue weighted by Gasteiger charge is -2.32. The van der Waals surface area contributed by atoms with Crippen LogP contribution in [0.5, 0.6) is 0 Å². The van der Waals surface area contributed by atoms with Gasteiger partial charge in [-0.05, 0) is 80.8 Å². The average molecular weight is 605 g/mol. The molecule has 0 fully saturated rings. The van der Waals surface area contributed by atoms with Crippen molar-refractivity contribution in [2.75, 3.05) is 17.4 Å². The van der Waals surface area contributed by atoms with E-state index in [2.05, 4.69) is 5.32 Å². The Bertz CT molecular complexity index is 1450. The molecule has 1 unspecified atom stereocenters. The summed E-state index contributed by atoms with van der Waals surface area (Å²) in [5.74, 6) is -0.859. The molecule has 0 radical (unpaired) electrons. The summed E-state index contributed by atoms with van der Waals surface area (Å²) < 4.78 is 29.0. The van der Waals surface area contributed by atoms with Crippen LogP contribution < -0.4 is 9.62 Å². The minimum Gasteiger partial charge on any atom is -0.354 e. The van der Waals surface area contributed by atoms with Gasteiger partial charge in [0.25, 0.3) is 10.0 Å². The van der Waals surface area contributed by atoms with Gasteiger partial charge in [0.2, 0.25) is 11.8 Å². The highest BCUT2D eigenvalue weighted by atomic mass is 35.5. The van der Waals surface area contributed by atoms with Crippen LogP contribution >= 0.6 is 23.2 Å². The smallest absolute Gasteiger partial charge is 0.264 e. The van der Waals surface area contributed by atoms with Crippen LogP contribution in [-0.2, 0) is 26.2 Å². The molecule has 214 valence electrons. The molecule has 1 N–H and O–H groups in total. The van der Waals surface area contributed by atoms with E-state index in [9.17, 15) is 18.0 Å². The van der Waals surface area contributed by atoms with Crippen LogP contribution in [0.2, 0.25) is 10.0 Å². The lowest BCUT2D eigenvalue weighted by molar-refractivity contribution is -0.139. The summed E-state index contributed by atoms with van der Waals surface area (Å²) in [6.45, 7) is 7.28. The number of hydrogen-bond donors (Lipinski definition) is 1. The molecule has 40 heavy (non-hydrogen) atoms. The average Bonchev–Trinajstić information content (AvgIpc) is 2.90. The van der Waals surface area contributed by atoms with Crippen molar-refractivity contribution in [1.82, 2.24) is 10.2 Å². The van der Waals surface area contributed by atoms with Crippen LogP contribution in [0.15, 0.2) is 71.6 Å². The standard InChI is InChI=1S/C30H35Cl2N3O4S/c1-5-6-16-33-30(37)23(4)34(19-24-8-7-9-25(31)18-24)29(36)20-35(28-15-12-26(32)17-22(28)3)40(38,39)27-13-10-21(2)11-14-27/h7-15,17-18,23H,5-6,16,19-20H2,1-4H3,(H,33,37). The van der Waals surface area contributed by atoms with Crippen LogP contribution in [0, 0.1) is 13.8 Å².